The third-order valence-corrected chi connectivity index (χ3v) is 12.8. The van der Waals surface area contributed by atoms with E-state index in [4.69, 9.17) is 16.6 Å². The molecule has 5 amide bonds. The number of rotatable bonds is 12. The Bertz CT molecular complexity index is 2560. The Hall–Kier alpha value is -6.67. The fraction of sp³-hybridized carbons (Fsp3) is 0.319. The highest BCUT2D eigenvalue weighted by atomic mass is 35.5. The van der Waals surface area contributed by atoms with Gasteiger partial charge < -0.3 is 25.3 Å². The number of fused-ring (bicyclic) bond motifs is 1. The molecular weight excluding hydrogens is 806 g/mol. The zero-order valence-electron chi connectivity index (χ0n) is 34.1. The molecule has 1 spiro atoms. The number of anilines is 4. The van der Waals surface area contributed by atoms with Crippen LogP contribution in [-0.2, 0) is 25.7 Å². The van der Waals surface area contributed by atoms with Crippen molar-refractivity contribution in [3.05, 3.63) is 114 Å². The van der Waals surface area contributed by atoms with Crippen LogP contribution < -0.4 is 20.9 Å². The van der Waals surface area contributed by atoms with Crippen molar-refractivity contribution in [1.29, 1.82) is 0 Å². The van der Waals surface area contributed by atoms with Gasteiger partial charge in [-0.3, -0.25) is 34.3 Å². The number of hydrogen-bond donors (Lipinski definition) is 3. The molecule has 0 bridgehead atoms. The molecule has 3 aromatic carbocycles. The van der Waals surface area contributed by atoms with Crippen molar-refractivity contribution in [3.63, 3.8) is 0 Å². The van der Waals surface area contributed by atoms with E-state index in [1.165, 1.54) is 0 Å². The first-order valence-electron chi connectivity index (χ1n) is 21.2. The number of halogens is 1. The molecule has 15 heteroatoms. The first kappa shape index (κ1) is 40.7. The molecule has 4 aliphatic rings. The summed E-state index contributed by atoms with van der Waals surface area (Å²) in [6.45, 7) is 2.65. The molecule has 9 rings (SSSR count). The number of pyridine rings is 1. The van der Waals surface area contributed by atoms with E-state index in [0.29, 0.717) is 105 Å². The molecule has 4 aliphatic heterocycles. The lowest BCUT2D eigenvalue weighted by Gasteiger charge is -2.38. The molecular formula is C47H46ClN9O5. The van der Waals surface area contributed by atoms with Crippen LogP contribution in [0.15, 0.2) is 97.5 Å². The number of aromatic nitrogens is 3. The van der Waals surface area contributed by atoms with Crippen molar-refractivity contribution in [3.8, 4) is 22.4 Å². The van der Waals surface area contributed by atoms with E-state index < -0.39 is 17.4 Å². The van der Waals surface area contributed by atoms with Crippen LogP contribution in [0, 0.1) is 5.41 Å². The van der Waals surface area contributed by atoms with Crippen LogP contribution in [-0.4, -0.2) is 86.5 Å². The number of carbonyl (C=O) groups excluding carboxylic acids is 5. The van der Waals surface area contributed by atoms with Gasteiger partial charge in [0, 0.05) is 62.4 Å². The maximum absolute atomic E-state index is 14.0. The fourth-order valence-corrected chi connectivity index (χ4v) is 9.27. The monoisotopic (exact) mass is 851 g/mol. The van der Waals surface area contributed by atoms with Crippen LogP contribution in [0.25, 0.3) is 22.4 Å². The molecule has 2 aromatic heterocycles. The summed E-state index contributed by atoms with van der Waals surface area (Å²) in [5.41, 5.74) is 6.70. The van der Waals surface area contributed by atoms with Crippen LogP contribution in [0.4, 0.5) is 23.0 Å². The standard InChI is InChI=1S/C47H46ClN9O5/c48-38-28-51-46(54-42(38)32-10-6-9-31(23-32)30-7-2-1-3-8-30)52-35-25-36(27-49-26-35)56-22-18-47(45(56)62)16-20-55(21-17-47)41(59)11-4-5-19-50-34-12-13-37-33(24-34)29-57(44(37)61)39-14-15-40(58)53-43(39)60/h1-3,6-10,12-13,23-28,39,50H,4-5,11,14-22,29H2,(H,51,52,54)(H,53,58,60). The highest BCUT2D eigenvalue weighted by Crippen LogP contribution is 2.43. The number of amides is 5. The summed E-state index contributed by atoms with van der Waals surface area (Å²) in [6.07, 6.45) is 9.37. The summed E-state index contributed by atoms with van der Waals surface area (Å²) in [7, 11) is 0. The van der Waals surface area contributed by atoms with Crippen LogP contribution in [0.2, 0.25) is 5.02 Å². The van der Waals surface area contributed by atoms with Gasteiger partial charge in [-0.2, -0.15) is 0 Å². The topological polar surface area (TPSA) is 170 Å². The van der Waals surface area contributed by atoms with Gasteiger partial charge in [0.1, 0.15) is 6.04 Å². The number of piperidine rings is 2. The molecule has 5 aromatic rings. The number of hydrogen-bond acceptors (Lipinski definition) is 10. The highest BCUT2D eigenvalue weighted by Gasteiger charge is 2.49. The van der Waals surface area contributed by atoms with Gasteiger partial charge >= 0.3 is 0 Å². The molecule has 1 unspecified atom stereocenters. The minimum atomic E-state index is -0.645. The molecule has 3 fully saturated rings. The molecule has 62 heavy (non-hydrogen) atoms. The highest BCUT2D eigenvalue weighted by molar-refractivity contribution is 6.33. The fourth-order valence-electron chi connectivity index (χ4n) is 9.07. The Kier molecular flexibility index (Phi) is 11.4. The number of likely N-dealkylation sites (tertiary alicyclic amines) is 1. The summed E-state index contributed by atoms with van der Waals surface area (Å²) in [4.78, 5) is 83.1. The summed E-state index contributed by atoms with van der Waals surface area (Å²) < 4.78 is 0. The van der Waals surface area contributed by atoms with Crippen molar-refractivity contribution >= 4 is 64.1 Å². The Morgan fingerprint density at radius 3 is 2.45 bits per heavy atom. The predicted molar refractivity (Wildman–Crippen MR) is 235 cm³/mol. The van der Waals surface area contributed by atoms with Crippen LogP contribution in [0.5, 0.6) is 0 Å². The Morgan fingerprint density at radius 1 is 0.839 bits per heavy atom. The minimum absolute atomic E-state index is 0.0672. The molecule has 6 heterocycles. The van der Waals surface area contributed by atoms with E-state index in [9.17, 15) is 24.0 Å². The largest absolute Gasteiger partial charge is 0.385 e. The Morgan fingerprint density at radius 2 is 1.63 bits per heavy atom. The normalized spacial score (nSPS) is 18.3. The van der Waals surface area contributed by atoms with Crippen molar-refractivity contribution < 1.29 is 24.0 Å². The Balaban J connectivity index is 0.739. The minimum Gasteiger partial charge on any atom is -0.385 e. The molecule has 14 nitrogen and oxygen atoms in total. The first-order valence-corrected chi connectivity index (χ1v) is 21.5. The van der Waals surface area contributed by atoms with E-state index >= 15 is 0 Å². The molecule has 0 radical (unpaired) electrons. The van der Waals surface area contributed by atoms with Gasteiger partial charge in [0.05, 0.1) is 46.1 Å². The van der Waals surface area contributed by atoms with Crippen molar-refractivity contribution in [2.75, 3.05) is 41.7 Å². The van der Waals surface area contributed by atoms with E-state index in [1.807, 2.05) is 59.5 Å². The number of carbonyl (C=O) groups is 5. The summed E-state index contributed by atoms with van der Waals surface area (Å²) >= 11 is 6.60. The van der Waals surface area contributed by atoms with Gasteiger partial charge in [-0.05, 0) is 85.5 Å². The second-order valence-electron chi connectivity index (χ2n) is 16.4. The lowest BCUT2D eigenvalue weighted by Crippen LogP contribution is -2.52. The molecule has 0 aliphatic carbocycles. The van der Waals surface area contributed by atoms with E-state index in [2.05, 4.69) is 44.1 Å². The zero-order valence-corrected chi connectivity index (χ0v) is 34.9. The molecule has 316 valence electrons. The van der Waals surface area contributed by atoms with E-state index in [-0.39, 0.29) is 30.0 Å². The van der Waals surface area contributed by atoms with Crippen molar-refractivity contribution in [1.82, 2.24) is 30.1 Å². The van der Waals surface area contributed by atoms with E-state index in [0.717, 1.165) is 34.4 Å². The second-order valence-corrected chi connectivity index (χ2v) is 16.8. The summed E-state index contributed by atoms with van der Waals surface area (Å²) in [5, 5.41) is 9.41. The van der Waals surface area contributed by atoms with Crippen molar-refractivity contribution in [2.24, 2.45) is 5.41 Å². The third kappa shape index (κ3) is 8.34. The first-order chi connectivity index (χ1) is 30.1. The van der Waals surface area contributed by atoms with Crippen LogP contribution in [0.3, 0.4) is 0 Å². The van der Waals surface area contributed by atoms with Crippen LogP contribution >= 0.6 is 11.6 Å². The summed E-state index contributed by atoms with van der Waals surface area (Å²) in [5.74, 6) is -0.410. The summed E-state index contributed by atoms with van der Waals surface area (Å²) in [6, 6.07) is 25.0. The predicted octanol–water partition coefficient (Wildman–Crippen LogP) is 6.99. The van der Waals surface area contributed by atoms with Gasteiger partial charge in [0.15, 0.2) is 0 Å². The van der Waals surface area contributed by atoms with Gasteiger partial charge in [-0.25, -0.2) is 9.97 Å². The molecule has 3 saturated heterocycles. The molecule has 1 atom stereocenters. The van der Waals surface area contributed by atoms with Crippen LogP contribution in [0.1, 0.15) is 67.3 Å². The zero-order chi connectivity index (χ0) is 42.8. The maximum atomic E-state index is 14.0. The number of unbranched alkanes of at least 4 members (excludes halogenated alkanes) is 1. The van der Waals surface area contributed by atoms with E-state index in [1.54, 1.807) is 34.5 Å². The quantitative estimate of drug-likeness (QED) is 0.0879. The number of benzene rings is 3. The molecule has 3 N–H and O–H groups in total. The number of nitrogens with zero attached hydrogens (tertiary/aromatic N) is 6. The average Bonchev–Trinajstić information content (AvgIpc) is 3.78. The third-order valence-electron chi connectivity index (χ3n) is 12.5. The lowest BCUT2D eigenvalue weighted by atomic mass is 9.77. The number of nitrogens with one attached hydrogen (secondary N) is 3. The van der Waals surface area contributed by atoms with Crippen molar-refractivity contribution in [2.45, 2.75) is 64.0 Å². The average molecular weight is 852 g/mol. The smallest absolute Gasteiger partial charge is 0.255 e. The van der Waals surface area contributed by atoms with Gasteiger partial charge in [-0.1, -0.05) is 60.1 Å². The molecule has 0 saturated carbocycles. The number of imide groups is 1. The van der Waals surface area contributed by atoms with Gasteiger partial charge in [0.25, 0.3) is 5.91 Å². The second kappa shape index (κ2) is 17.4. The lowest BCUT2D eigenvalue weighted by molar-refractivity contribution is -0.137. The SMILES string of the molecule is O=C1CCC(N2Cc3cc(NCCCCC(=O)N4CCC5(CC4)CCN(c4cncc(Nc6ncc(Cl)c(-c7cccc(-c8ccccc8)c7)n6)c4)C5=O)ccc3C2=O)C(=O)N1. The Labute approximate surface area is 364 Å². The van der Waals surface area contributed by atoms with Gasteiger partial charge in [-0.15, -0.1) is 0 Å². The van der Waals surface area contributed by atoms with Gasteiger partial charge in [0.2, 0.25) is 29.6 Å². The maximum Gasteiger partial charge on any atom is 0.255 e.